The molecule has 0 spiro atoms. The average molecular weight is 250 g/mol. The van der Waals surface area contributed by atoms with Crippen molar-refractivity contribution >= 4 is 11.4 Å². The molecule has 0 atom stereocenters. The second-order valence-electron chi connectivity index (χ2n) is 5.99. The minimum absolute atomic E-state index is 0.264. The summed E-state index contributed by atoms with van der Waals surface area (Å²) >= 11 is 0. The molecule has 0 saturated heterocycles. The van der Waals surface area contributed by atoms with Crippen LogP contribution >= 0.6 is 0 Å². The third kappa shape index (κ3) is 4.47. The zero-order chi connectivity index (χ0) is 13.8. The van der Waals surface area contributed by atoms with Gasteiger partial charge >= 0.3 is 0 Å². The largest absolute Gasteiger partial charge is 0.491 e. The van der Waals surface area contributed by atoms with Gasteiger partial charge in [-0.05, 0) is 24.0 Å². The summed E-state index contributed by atoms with van der Waals surface area (Å²) in [6.07, 6.45) is 0.988. The normalized spacial score (nSPS) is 11.4. The number of nitrogens with two attached hydrogens (primary N) is 1. The van der Waals surface area contributed by atoms with E-state index in [9.17, 15) is 0 Å². The van der Waals surface area contributed by atoms with Gasteiger partial charge < -0.3 is 15.4 Å². The Labute approximate surface area is 111 Å². The molecule has 102 valence electrons. The summed E-state index contributed by atoms with van der Waals surface area (Å²) in [6, 6.07) is 5.98. The number of hydrogen-bond acceptors (Lipinski definition) is 3. The lowest BCUT2D eigenvalue weighted by atomic mass is 9.96. The molecular formula is C15H26N2O. The summed E-state index contributed by atoms with van der Waals surface area (Å²) in [5.41, 5.74) is 8.03. The van der Waals surface area contributed by atoms with E-state index in [1.54, 1.807) is 0 Å². The summed E-state index contributed by atoms with van der Waals surface area (Å²) in [6.45, 7) is 10.5. The first-order valence-corrected chi connectivity index (χ1v) is 6.57. The zero-order valence-corrected chi connectivity index (χ0v) is 12.3. The highest BCUT2D eigenvalue weighted by molar-refractivity contribution is 5.62. The van der Waals surface area contributed by atoms with E-state index in [-0.39, 0.29) is 5.41 Å². The predicted molar refractivity (Wildman–Crippen MR) is 79.4 cm³/mol. The van der Waals surface area contributed by atoms with Gasteiger partial charge in [-0.15, -0.1) is 0 Å². The molecule has 0 aliphatic rings. The van der Waals surface area contributed by atoms with Crippen molar-refractivity contribution in [3.05, 3.63) is 18.2 Å². The van der Waals surface area contributed by atoms with Gasteiger partial charge in [0.2, 0.25) is 0 Å². The number of benzene rings is 1. The summed E-state index contributed by atoms with van der Waals surface area (Å²) < 4.78 is 5.66. The molecule has 0 aromatic heterocycles. The maximum Gasteiger partial charge on any atom is 0.144 e. The Hall–Kier alpha value is -1.38. The fraction of sp³-hybridized carbons (Fsp3) is 0.600. The van der Waals surface area contributed by atoms with Crippen molar-refractivity contribution in [1.29, 1.82) is 0 Å². The molecule has 3 heteroatoms. The van der Waals surface area contributed by atoms with Crippen LogP contribution in [0.5, 0.6) is 5.75 Å². The van der Waals surface area contributed by atoms with Crippen LogP contribution in [0.1, 0.15) is 34.1 Å². The molecule has 18 heavy (non-hydrogen) atoms. The molecule has 3 nitrogen and oxygen atoms in total. The molecule has 0 aliphatic carbocycles. The fourth-order valence-corrected chi connectivity index (χ4v) is 1.90. The van der Waals surface area contributed by atoms with Crippen LogP contribution in [0.3, 0.4) is 0 Å². The molecule has 0 saturated carbocycles. The van der Waals surface area contributed by atoms with Crippen LogP contribution < -0.4 is 15.4 Å². The molecule has 1 rings (SSSR count). The number of ether oxygens (including phenoxy) is 1. The highest BCUT2D eigenvalue weighted by Gasteiger charge is 2.14. The zero-order valence-electron chi connectivity index (χ0n) is 12.3. The van der Waals surface area contributed by atoms with E-state index in [4.69, 9.17) is 10.5 Å². The van der Waals surface area contributed by atoms with Gasteiger partial charge in [-0.1, -0.05) is 27.7 Å². The maximum absolute atomic E-state index is 5.91. The highest BCUT2D eigenvalue weighted by Crippen LogP contribution is 2.29. The maximum atomic E-state index is 5.91. The van der Waals surface area contributed by atoms with Crippen molar-refractivity contribution < 1.29 is 4.74 Å². The molecule has 1 aromatic carbocycles. The summed E-state index contributed by atoms with van der Waals surface area (Å²) in [4.78, 5) is 2.23. The van der Waals surface area contributed by atoms with Crippen LogP contribution in [0.2, 0.25) is 0 Å². The Morgan fingerprint density at radius 3 is 2.50 bits per heavy atom. The van der Waals surface area contributed by atoms with Crippen molar-refractivity contribution in [2.75, 3.05) is 30.8 Å². The lowest BCUT2D eigenvalue weighted by molar-refractivity contribution is 0.319. The van der Waals surface area contributed by atoms with Gasteiger partial charge in [-0.25, -0.2) is 0 Å². The standard InChI is InChI=1S/C15H26N2O/c1-6-9-18-14-10-12(7-8-13(14)16)17(5)11-15(2,3)4/h7-8,10H,6,9,11,16H2,1-5H3. The Kier molecular flexibility index (Phi) is 4.88. The van der Waals surface area contributed by atoms with E-state index < -0.39 is 0 Å². The van der Waals surface area contributed by atoms with E-state index >= 15 is 0 Å². The Balaban J connectivity index is 2.83. The van der Waals surface area contributed by atoms with Crippen molar-refractivity contribution in [2.45, 2.75) is 34.1 Å². The first-order chi connectivity index (χ1) is 8.33. The summed E-state index contributed by atoms with van der Waals surface area (Å²) in [5, 5.41) is 0. The lowest BCUT2D eigenvalue weighted by Crippen LogP contribution is -2.29. The van der Waals surface area contributed by atoms with Crippen LogP contribution in [0.4, 0.5) is 11.4 Å². The molecular weight excluding hydrogens is 224 g/mol. The van der Waals surface area contributed by atoms with E-state index in [2.05, 4.69) is 39.6 Å². The van der Waals surface area contributed by atoms with Crippen molar-refractivity contribution in [3.8, 4) is 5.75 Å². The molecule has 0 radical (unpaired) electrons. The second-order valence-corrected chi connectivity index (χ2v) is 5.99. The monoisotopic (exact) mass is 250 g/mol. The number of rotatable bonds is 5. The van der Waals surface area contributed by atoms with Crippen molar-refractivity contribution in [2.24, 2.45) is 5.41 Å². The van der Waals surface area contributed by atoms with Crippen LogP contribution in [-0.4, -0.2) is 20.2 Å². The molecule has 2 N–H and O–H groups in total. The minimum atomic E-state index is 0.264. The van der Waals surface area contributed by atoms with Gasteiger partial charge in [0.25, 0.3) is 0 Å². The number of anilines is 2. The number of hydrogen-bond donors (Lipinski definition) is 1. The second kappa shape index (κ2) is 5.98. The van der Waals surface area contributed by atoms with Gasteiger partial charge in [0, 0.05) is 25.3 Å². The van der Waals surface area contributed by atoms with Gasteiger partial charge in [-0.3, -0.25) is 0 Å². The molecule has 1 aromatic rings. The van der Waals surface area contributed by atoms with Gasteiger partial charge in [0.1, 0.15) is 5.75 Å². The van der Waals surface area contributed by atoms with Gasteiger partial charge in [-0.2, -0.15) is 0 Å². The number of nitrogen functional groups attached to an aromatic ring is 1. The summed E-state index contributed by atoms with van der Waals surface area (Å²) in [7, 11) is 2.10. The molecule has 0 bridgehead atoms. The quantitative estimate of drug-likeness (QED) is 0.812. The predicted octanol–water partition coefficient (Wildman–Crippen LogP) is 3.54. The van der Waals surface area contributed by atoms with Crippen molar-refractivity contribution in [3.63, 3.8) is 0 Å². The van der Waals surface area contributed by atoms with Crippen LogP contribution in [0.15, 0.2) is 18.2 Å². The minimum Gasteiger partial charge on any atom is -0.491 e. The molecule has 0 amide bonds. The SMILES string of the molecule is CCCOc1cc(N(C)CC(C)(C)C)ccc1N. The summed E-state index contributed by atoms with van der Waals surface area (Å²) in [5.74, 6) is 0.787. The third-order valence-electron chi connectivity index (χ3n) is 2.61. The van der Waals surface area contributed by atoms with E-state index in [0.29, 0.717) is 12.3 Å². The molecule has 0 aliphatic heterocycles. The van der Waals surface area contributed by atoms with Crippen molar-refractivity contribution in [1.82, 2.24) is 0 Å². The molecule has 0 unspecified atom stereocenters. The highest BCUT2D eigenvalue weighted by atomic mass is 16.5. The van der Waals surface area contributed by atoms with Gasteiger partial charge in [0.15, 0.2) is 0 Å². The third-order valence-corrected chi connectivity index (χ3v) is 2.61. The molecule has 0 fully saturated rings. The topological polar surface area (TPSA) is 38.5 Å². The Bertz CT molecular complexity index is 383. The smallest absolute Gasteiger partial charge is 0.144 e. The molecule has 0 heterocycles. The van der Waals surface area contributed by atoms with Crippen LogP contribution in [0, 0.1) is 5.41 Å². The lowest BCUT2D eigenvalue weighted by Gasteiger charge is -2.28. The first kappa shape index (κ1) is 14.7. The first-order valence-electron chi connectivity index (χ1n) is 6.57. The Morgan fingerprint density at radius 2 is 1.94 bits per heavy atom. The van der Waals surface area contributed by atoms with E-state index in [0.717, 1.165) is 24.4 Å². The van der Waals surface area contributed by atoms with Gasteiger partial charge in [0.05, 0.1) is 12.3 Å². The van der Waals surface area contributed by atoms with E-state index in [1.807, 2.05) is 18.2 Å². The Morgan fingerprint density at radius 1 is 1.28 bits per heavy atom. The van der Waals surface area contributed by atoms with E-state index in [1.165, 1.54) is 0 Å². The van der Waals surface area contributed by atoms with Crippen LogP contribution in [0.25, 0.3) is 0 Å². The number of nitrogens with zero attached hydrogens (tertiary/aromatic N) is 1. The fourth-order valence-electron chi connectivity index (χ4n) is 1.90. The average Bonchev–Trinajstić information content (AvgIpc) is 2.25. The van der Waals surface area contributed by atoms with Crippen LogP contribution in [-0.2, 0) is 0 Å².